The van der Waals surface area contributed by atoms with Crippen LogP contribution in [0.25, 0.3) is 6.08 Å². The second-order valence-electron chi connectivity index (χ2n) is 5.74. The fourth-order valence-corrected chi connectivity index (χ4v) is 2.43. The van der Waals surface area contributed by atoms with Crippen molar-refractivity contribution in [1.29, 1.82) is 0 Å². The molecule has 0 spiro atoms. The van der Waals surface area contributed by atoms with Crippen molar-refractivity contribution in [3.8, 4) is 0 Å². The molecule has 3 rings (SSSR count). The Labute approximate surface area is 156 Å². The molecule has 0 aliphatic rings. The maximum Gasteiger partial charge on any atom is 0.257 e. The molecule has 2 N–H and O–H groups in total. The van der Waals surface area contributed by atoms with E-state index < -0.39 is 0 Å². The van der Waals surface area contributed by atoms with Crippen molar-refractivity contribution in [2.24, 2.45) is 0 Å². The maximum absolute atomic E-state index is 12.9. The summed E-state index contributed by atoms with van der Waals surface area (Å²) in [5, 5.41) is 5.49. The quantitative estimate of drug-likeness (QED) is 0.646. The lowest BCUT2D eigenvalue weighted by Crippen LogP contribution is -2.16. The highest BCUT2D eigenvalue weighted by atomic mass is 19.1. The minimum atomic E-state index is -0.390. The molecule has 0 radical (unpaired) electrons. The molecular weight excluding hydrogens is 343 g/mol. The van der Waals surface area contributed by atoms with E-state index in [1.54, 1.807) is 54.6 Å². The molecule has 0 bridgehead atoms. The first kappa shape index (κ1) is 18.1. The lowest BCUT2D eigenvalue weighted by atomic mass is 10.1. The molecule has 27 heavy (non-hydrogen) atoms. The van der Waals surface area contributed by atoms with Gasteiger partial charge in [0.15, 0.2) is 0 Å². The minimum Gasteiger partial charge on any atom is -0.322 e. The van der Waals surface area contributed by atoms with E-state index in [-0.39, 0.29) is 17.6 Å². The molecular formula is C22H17FN2O2. The van der Waals surface area contributed by atoms with Gasteiger partial charge in [-0.2, -0.15) is 0 Å². The molecule has 134 valence electrons. The number of carbonyl (C=O) groups excluding carboxylic acids is 2. The molecule has 0 saturated carbocycles. The molecule has 3 aromatic carbocycles. The number of benzene rings is 3. The Morgan fingerprint density at radius 2 is 1.44 bits per heavy atom. The summed E-state index contributed by atoms with van der Waals surface area (Å²) in [5.41, 5.74) is 2.12. The number of rotatable bonds is 5. The Bertz CT molecular complexity index is 967. The van der Waals surface area contributed by atoms with Crippen LogP contribution in [0, 0.1) is 5.82 Å². The standard InChI is InChI=1S/C22H17FN2O2/c23-17-13-10-16(11-14-17)12-15-21(26)25-20-9-5-4-8-19(20)22(27)24-18-6-2-1-3-7-18/h1-15H,(H,24,27)(H,25,26). The average Bonchev–Trinajstić information content (AvgIpc) is 2.69. The first-order valence-electron chi connectivity index (χ1n) is 8.32. The highest BCUT2D eigenvalue weighted by Gasteiger charge is 2.12. The summed E-state index contributed by atoms with van der Waals surface area (Å²) in [6.45, 7) is 0. The number of carbonyl (C=O) groups is 2. The monoisotopic (exact) mass is 360 g/mol. The number of hydrogen-bond donors (Lipinski definition) is 2. The highest BCUT2D eigenvalue weighted by molar-refractivity contribution is 6.11. The first-order chi connectivity index (χ1) is 13.1. The van der Waals surface area contributed by atoms with Gasteiger partial charge in [0.1, 0.15) is 5.82 Å². The van der Waals surface area contributed by atoms with Crippen LogP contribution in [0.2, 0.25) is 0 Å². The van der Waals surface area contributed by atoms with Crippen LogP contribution in [0.1, 0.15) is 15.9 Å². The number of para-hydroxylation sites is 2. The maximum atomic E-state index is 12.9. The first-order valence-corrected chi connectivity index (χ1v) is 8.32. The number of hydrogen-bond acceptors (Lipinski definition) is 2. The molecule has 0 aromatic heterocycles. The molecule has 0 aliphatic heterocycles. The van der Waals surface area contributed by atoms with Crippen LogP contribution in [0.3, 0.4) is 0 Å². The van der Waals surface area contributed by atoms with Crippen molar-refractivity contribution < 1.29 is 14.0 Å². The van der Waals surface area contributed by atoms with Crippen LogP contribution in [0.5, 0.6) is 0 Å². The van der Waals surface area contributed by atoms with Crippen LogP contribution in [-0.2, 0) is 4.79 Å². The predicted octanol–water partition coefficient (Wildman–Crippen LogP) is 4.73. The van der Waals surface area contributed by atoms with E-state index in [9.17, 15) is 14.0 Å². The summed E-state index contributed by atoms with van der Waals surface area (Å²) in [5.74, 6) is -1.05. The lowest BCUT2D eigenvalue weighted by molar-refractivity contribution is -0.111. The average molecular weight is 360 g/mol. The second kappa shape index (κ2) is 8.58. The molecule has 2 amide bonds. The van der Waals surface area contributed by atoms with E-state index in [2.05, 4.69) is 10.6 Å². The molecule has 3 aromatic rings. The Morgan fingerprint density at radius 3 is 2.19 bits per heavy atom. The van der Waals surface area contributed by atoms with E-state index in [4.69, 9.17) is 0 Å². The van der Waals surface area contributed by atoms with Crippen LogP contribution in [-0.4, -0.2) is 11.8 Å². The van der Waals surface area contributed by atoms with Gasteiger partial charge in [0.25, 0.3) is 5.91 Å². The van der Waals surface area contributed by atoms with Gasteiger partial charge < -0.3 is 10.6 Å². The lowest BCUT2D eigenvalue weighted by Gasteiger charge is -2.10. The third-order valence-corrected chi connectivity index (χ3v) is 3.76. The summed E-state index contributed by atoms with van der Waals surface area (Å²) < 4.78 is 12.9. The Hall–Kier alpha value is -3.73. The van der Waals surface area contributed by atoms with Gasteiger partial charge in [-0.05, 0) is 48.0 Å². The number of nitrogens with one attached hydrogen (secondary N) is 2. The van der Waals surface area contributed by atoms with Crippen LogP contribution in [0.15, 0.2) is 84.9 Å². The minimum absolute atomic E-state index is 0.320. The van der Waals surface area contributed by atoms with Crippen molar-refractivity contribution in [2.45, 2.75) is 0 Å². The van der Waals surface area contributed by atoms with E-state index in [1.165, 1.54) is 18.2 Å². The molecule has 0 aliphatic carbocycles. The third-order valence-electron chi connectivity index (χ3n) is 3.76. The Morgan fingerprint density at radius 1 is 0.778 bits per heavy atom. The van der Waals surface area contributed by atoms with Gasteiger partial charge in [-0.25, -0.2) is 4.39 Å². The normalized spacial score (nSPS) is 10.6. The van der Waals surface area contributed by atoms with Gasteiger partial charge in [-0.15, -0.1) is 0 Å². The molecule has 0 fully saturated rings. The van der Waals surface area contributed by atoms with Crippen molar-refractivity contribution >= 4 is 29.3 Å². The van der Waals surface area contributed by atoms with Crippen LogP contribution in [0.4, 0.5) is 15.8 Å². The molecule has 0 saturated heterocycles. The molecule has 0 heterocycles. The highest BCUT2D eigenvalue weighted by Crippen LogP contribution is 2.17. The largest absolute Gasteiger partial charge is 0.322 e. The van der Waals surface area contributed by atoms with Gasteiger partial charge in [0.05, 0.1) is 11.3 Å². The van der Waals surface area contributed by atoms with E-state index in [0.29, 0.717) is 22.5 Å². The van der Waals surface area contributed by atoms with E-state index in [0.717, 1.165) is 0 Å². The Kier molecular flexibility index (Phi) is 5.74. The van der Waals surface area contributed by atoms with Gasteiger partial charge in [0.2, 0.25) is 5.91 Å². The summed E-state index contributed by atoms with van der Waals surface area (Å²) in [4.78, 5) is 24.7. The molecule has 0 unspecified atom stereocenters. The second-order valence-corrected chi connectivity index (χ2v) is 5.74. The SMILES string of the molecule is O=C(C=Cc1ccc(F)cc1)Nc1ccccc1C(=O)Nc1ccccc1. The van der Waals surface area contributed by atoms with Crippen molar-refractivity contribution in [2.75, 3.05) is 10.6 Å². The predicted molar refractivity (Wildman–Crippen MR) is 105 cm³/mol. The summed E-state index contributed by atoms with van der Waals surface area (Å²) in [6.07, 6.45) is 2.90. The fraction of sp³-hybridized carbons (Fsp3) is 0. The molecule has 5 heteroatoms. The third kappa shape index (κ3) is 5.12. The zero-order valence-corrected chi connectivity index (χ0v) is 14.4. The molecule has 0 atom stereocenters. The summed E-state index contributed by atoms with van der Waals surface area (Å²) in [7, 11) is 0. The smallest absolute Gasteiger partial charge is 0.257 e. The number of halogens is 1. The van der Waals surface area contributed by atoms with Crippen molar-refractivity contribution in [3.63, 3.8) is 0 Å². The Balaban J connectivity index is 1.70. The van der Waals surface area contributed by atoms with Gasteiger partial charge in [0, 0.05) is 11.8 Å². The number of amides is 2. The van der Waals surface area contributed by atoms with Gasteiger partial charge in [-0.1, -0.05) is 42.5 Å². The molecule has 4 nitrogen and oxygen atoms in total. The van der Waals surface area contributed by atoms with Crippen LogP contribution < -0.4 is 10.6 Å². The van der Waals surface area contributed by atoms with Crippen LogP contribution >= 0.6 is 0 Å². The van der Waals surface area contributed by atoms with Gasteiger partial charge >= 0.3 is 0 Å². The summed E-state index contributed by atoms with van der Waals surface area (Å²) in [6, 6.07) is 21.6. The van der Waals surface area contributed by atoms with Crippen molar-refractivity contribution in [1.82, 2.24) is 0 Å². The summed E-state index contributed by atoms with van der Waals surface area (Å²) >= 11 is 0. The van der Waals surface area contributed by atoms with E-state index in [1.807, 2.05) is 18.2 Å². The fourth-order valence-electron chi connectivity index (χ4n) is 2.43. The topological polar surface area (TPSA) is 58.2 Å². The van der Waals surface area contributed by atoms with Gasteiger partial charge in [-0.3, -0.25) is 9.59 Å². The number of anilines is 2. The van der Waals surface area contributed by atoms with E-state index >= 15 is 0 Å². The zero-order valence-electron chi connectivity index (χ0n) is 14.4. The van der Waals surface area contributed by atoms with Crippen molar-refractivity contribution in [3.05, 3.63) is 102 Å². The zero-order chi connectivity index (χ0) is 19.1.